The van der Waals surface area contributed by atoms with Crippen molar-refractivity contribution >= 4 is 5.69 Å². The molecule has 0 unspecified atom stereocenters. The summed E-state index contributed by atoms with van der Waals surface area (Å²) >= 11 is 0. The summed E-state index contributed by atoms with van der Waals surface area (Å²) in [5.41, 5.74) is 8.69. The maximum atomic E-state index is 5.61. The van der Waals surface area contributed by atoms with E-state index in [0.29, 0.717) is 12.0 Å². The van der Waals surface area contributed by atoms with Gasteiger partial charge in [-0.25, -0.2) is 0 Å². The Labute approximate surface area is 103 Å². The number of benzene rings is 1. The van der Waals surface area contributed by atoms with Crippen molar-refractivity contribution < 1.29 is 4.74 Å². The molecule has 1 aromatic rings. The highest BCUT2D eigenvalue weighted by molar-refractivity contribution is 5.51. The van der Waals surface area contributed by atoms with Crippen molar-refractivity contribution in [3.8, 4) is 0 Å². The molecule has 0 radical (unpaired) electrons. The zero-order valence-electron chi connectivity index (χ0n) is 10.2. The molecule has 2 fully saturated rings. The van der Waals surface area contributed by atoms with Crippen LogP contribution in [-0.4, -0.2) is 26.3 Å². The highest BCUT2D eigenvalue weighted by Gasteiger charge is 2.43. The first-order valence-electron chi connectivity index (χ1n) is 6.43. The van der Waals surface area contributed by atoms with Crippen molar-refractivity contribution in [2.45, 2.75) is 19.4 Å². The topological polar surface area (TPSA) is 38.5 Å². The molecule has 0 bridgehead atoms. The molecular weight excluding hydrogens is 212 g/mol. The first-order chi connectivity index (χ1) is 8.31. The van der Waals surface area contributed by atoms with Crippen LogP contribution in [0.15, 0.2) is 24.3 Å². The first-order valence-corrected chi connectivity index (χ1v) is 6.43. The van der Waals surface area contributed by atoms with Crippen LogP contribution < -0.4 is 10.6 Å². The fraction of sp³-hybridized carbons (Fsp3) is 0.571. The molecule has 3 rings (SSSR count). The second-order valence-corrected chi connectivity index (χ2v) is 5.34. The number of nitrogens with two attached hydrogens (primary N) is 1. The molecule has 2 N–H and O–H groups in total. The molecule has 2 saturated heterocycles. The number of nitrogens with zero attached hydrogens (tertiary/aromatic N) is 1. The van der Waals surface area contributed by atoms with Crippen LogP contribution in [0.5, 0.6) is 0 Å². The minimum absolute atomic E-state index is 0.546. The van der Waals surface area contributed by atoms with Gasteiger partial charge in [-0.05, 0) is 30.5 Å². The zero-order valence-corrected chi connectivity index (χ0v) is 10.2. The molecule has 2 aliphatic rings. The molecule has 0 aromatic heterocycles. The SMILES string of the molecule is NCc1ccc(N2CC3(CCOCC3)C2)cc1. The lowest BCUT2D eigenvalue weighted by molar-refractivity contribution is -0.000191. The Bertz CT molecular complexity index is 374. The van der Waals surface area contributed by atoms with Gasteiger partial charge in [0.25, 0.3) is 0 Å². The van der Waals surface area contributed by atoms with E-state index in [9.17, 15) is 0 Å². The molecule has 0 aliphatic carbocycles. The van der Waals surface area contributed by atoms with Crippen molar-refractivity contribution in [3.63, 3.8) is 0 Å². The summed E-state index contributed by atoms with van der Waals surface area (Å²) in [4.78, 5) is 2.46. The molecule has 2 aliphatic heterocycles. The molecule has 1 aromatic carbocycles. The van der Waals surface area contributed by atoms with E-state index in [-0.39, 0.29) is 0 Å². The van der Waals surface area contributed by atoms with Crippen molar-refractivity contribution in [1.29, 1.82) is 0 Å². The molecule has 0 saturated carbocycles. The van der Waals surface area contributed by atoms with Crippen LogP contribution in [0.1, 0.15) is 18.4 Å². The van der Waals surface area contributed by atoms with Crippen LogP contribution >= 0.6 is 0 Å². The average Bonchev–Trinajstić information content (AvgIpc) is 2.37. The maximum absolute atomic E-state index is 5.61. The molecule has 17 heavy (non-hydrogen) atoms. The van der Waals surface area contributed by atoms with E-state index < -0.39 is 0 Å². The minimum atomic E-state index is 0.546. The number of hydrogen-bond donors (Lipinski definition) is 1. The third-order valence-corrected chi connectivity index (χ3v) is 4.14. The van der Waals surface area contributed by atoms with Gasteiger partial charge in [0, 0.05) is 44.0 Å². The van der Waals surface area contributed by atoms with Gasteiger partial charge in [-0.3, -0.25) is 0 Å². The van der Waals surface area contributed by atoms with E-state index in [0.717, 1.165) is 13.2 Å². The van der Waals surface area contributed by atoms with E-state index in [1.54, 1.807) is 0 Å². The standard InChI is InChI=1S/C14H20N2O/c15-9-12-1-3-13(4-2-12)16-10-14(11-16)5-7-17-8-6-14/h1-4H,5-11,15H2. The van der Waals surface area contributed by atoms with Crippen molar-refractivity contribution in [1.82, 2.24) is 0 Å². The summed E-state index contributed by atoms with van der Waals surface area (Å²) in [6.45, 7) is 4.90. The van der Waals surface area contributed by atoms with Gasteiger partial charge in [0.05, 0.1) is 0 Å². The first kappa shape index (κ1) is 11.1. The average molecular weight is 232 g/mol. The van der Waals surface area contributed by atoms with Gasteiger partial charge in [-0.2, -0.15) is 0 Å². The Morgan fingerprint density at radius 3 is 2.35 bits per heavy atom. The third-order valence-electron chi connectivity index (χ3n) is 4.14. The van der Waals surface area contributed by atoms with Gasteiger partial charge in [0.1, 0.15) is 0 Å². The lowest BCUT2D eigenvalue weighted by atomic mass is 9.73. The summed E-state index contributed by atoms with van der Waals surface area (Å²) < 4.78 is 5.44. The summed E-state index contributed by atoms with van der Waals surface area (Å²) in [6, 6.07) is 8.64. The Morgan fingerprint density at radius 1 is 1.12 bits per heavy atom. The lowest BCUT2D eigenvalue weighted by Gasteiger charge is -2.53. The van der Waals surface area contributed by atoms with Crippen molar-refractivity contribution in [3.05, 3.63) is 29.8 Å². The van der Waals surface area contributed by atoms with Gasteiger partial charge in [-0.15, -0.1) is 0 Å². The quantitative estimate of drug-likeness (QED) is 0.844. The van der Waals surface area contributed by atoms with Gasteiger partial charge in [0.2, 0.25) is 0 Å². The summed E-state index contributed by atoms with van der Waals surface area (Å²) in [7, 11) is 0. The van der Waals surface area contributed by atoms with Gasteiger partial charge < -0.3 is 15.4 Å². The van der Waals surface area contributed by atoms with E-state index in [1.165, 1.54) is 37.2 Å². The Kier molecular flexibility index (Phi) is 2.81. The summed E-state index contributed by atoms with van der Waals surface area (Å²) in [5.74, 6) is 0. The summed E-state index contributed by atoms with van der Waals surface area (Å²) in [6.07, 6.45) is 2.45. The molecule has 3 nitrogen and oxygen atoms in total. The Morgan fingerprint density at radius 2 is 1.76 bits per heavy atom. The smallest absolute Gasteiger partial charge is 0.0472 e. The second kappa shape index (κ2) is 4.31. The molecule has 92 valence electrons. The van der Waals surface area contributed by atoms with E-state index in [1.807, 2.05) is 0 Å². The number of rotatable bonds is 2. The fourth-order valence-electron chi connectivity index (χ4n) is 2.91. The Balaban J connectivity index is 1.63. The van der Waals surface area contributed by atoms with Gasteiger partial charge >= 0.3 is 0 Å². The van der Waals surface area contributed by atoms with Gasteiger partial charge in [0.15, 0.2) is 0 Å². The normalized spacial score (nSPS) is 22.5. The van der Waals surface area contributed by atoms with Crippen LogP contribution in [0.4, 0.5) is 5.69 Å². The van der Waals surface area contributed by atoms with Crippen molar-refractivity contribution in [2.24, 2.45) is 11.1 Å². The molecule has 3 heteroatoms. The highest BCUT2D eigenvalue weighted by Crippen LogP contribution is 2.41. The monoisotopic (exact) mass is 232 g/mol. The molecule has 1 spiro atoms. The van der Waals surface area contributed by atoms with E-state index >= 15 is 0 Å². The minimum Gasteiger partial charge on any atom is -0.381 e. The maximum Gasteiger partial charge on any atom is 0.0472 e. The molecule has 0 amide bonds. The Hall–Kier alpha value is -1.06. The van der Waals surface area contributed by atoms with Crippen LogP contribution in [0.3, 0.4) is 0 Å². The number of ether oxygens (including phenoxy) is 1. The second-order valence-electron chi connectivity index (χ2n) is 5.34. The largest absolute Gasteiger partial charge is 0.381 e. The summed E-state index contributed by atoms with van der Waals surface area (Å²) in [5, 5.41) is 0. The third kappa shape index (κ3) is 2.05. The van der Waals surface area contributed by atoms with E-state index in [2.05, 4.69) is 29.2 Å². The molecular formula is C14H20N2O. The zero-order chi connectivity index (χ0) is 11.7. The van der Waals surface area contributed by atoms with Crippen molar-refractivity contribution in [2.75, 3.05) is 31.2 Å². The van der Waals surface area contributed by atoms with Gasteiger partial charge in [-0.1, -0.05) is 12.1 Å². The van der Waals surface area contributed by atoms with Crippen LogP contribution in [0, 0.1) is 5.41 Å². The predicted octanol–water partition coefficient (Wildman–Crippen LogP) is 1.76. The van der Waals surface area contributed by atoms with Crippen LogP contribution in [0.2, 0.25) is 0 Å². The fourth-order valence-corrected chi connectivity index (χ4v) is 2.91. The number of hydrogen-bond acceptors (Lipinski definition) is 3. The van der Waals surface area contributed by atoms with Crippen LogP contribution in [0.25, 0.3) is 0 Å². The van der Waals surface area contributed by atoms with E-state index in [4.69, 9.17) is 10.5 Å². The van der Waals surface area contributed by atoms with Crippen LogP contribution in [-0.2, 0) is 11.3 Å². The lowest BCUT2D eigenvalue weighted by Crippen LogP contribution is -2.58. The number of anilines is 1. The molecule has 2 heterocycles. The highest BCUT2D eigenvalue weighted by atomic mass is 16.5. The molecule has 0 atom stereocenters. The predicted molar refractivity (Wildman–Crippen MR) is 69.0 cm³/mol.